The van der Waals surface area contributed by atoms with E-state index in [4.69, 9.17) is 9.72 Å². The molecule has 1 heterocycles. The van der Waals surface area contributed by atoms with Crippen LogP contribution >= 0.6 is 0 Å². The smallest absolute Gasteiger partial charge is 0.223 e. The Labute approximate surface area is 171 Å². The molecule has 1 fully saturated rings. The second-order valence-electron chi connectivity index (χ2n) is 7.46. The molecule has 1 saturated carbocycles. The average Bonchev–Trinajstić information content (AvgIpc) is 3.53. The van der Waals surface area contributed by atoms with E-state index in [-0.39, 0.29) is 11.8 Å². The third-order valence-electron chi connectivity index (χ3n) is 5.22. The van der Waals surface area contributed by atoms with Crippen molar-refractivity contribution in [2.45, 2.75) is 38.8 Å². The second kappa shape index (κ2) is 8.95. The molecule has 5 heteroatoms. The molecule has 0 bridgehead atoms. The largest absolute Gasteiger partial charge is 0.493 e. The summed E-state index contributed by atoms with van der Waals surface area (Å²) in [6.07, 6.45) is 5.56. The lowest BCUT2D eigenvalue weighted by Gasteiger charge is -2.12. The molecule has 1 N–H and O–H groups in total. The van der Waals surface area contributed by atoms with Crippen molar-refractivity contribution in [3.05, 3.63) is 72.6 Å². The molecule has 0 atom stereocenters. The number of para-hydroxylation sites is 3. The van der Waals surface area contributed by atoms with Crippen LogP contribution in [0.4, 0.5) is 0 Å². The van der Waals surface area contributed by atoms with Crippen molar-refractivity contribution in [2.75, 3.05) is 6.61 Å². The number of benzene rings is 2. The first-order chi connectivity index (χ1) is 14.3. The van der Waals surface area contributed by atoms with Crippen LogP contribution < -0.4 is 10.1 Å². The van der Waals surface area contributed by atoms with Gasteiger partial charge in [-0.2, -0.15) is 0 Å². The number of nitrogens with zero attached hydrogens (tertiary/aromatic N) is 2. The fraction of sp³-hybridized carbons (Fsp3) is 0.333. The quantitative estimate of drug-likeness (QED) is 0.416. The molecule has 0 unspecified atom stereocenters. The van der Waals surface area contributed by atoms with E-state index in [1.807, 2.05) is 42.5 Å². The molecular weight excluding hydrogens is 362 g/mol. The first-order valence-corrected chi connectivity index (χ1v) is 10.3. The summed E-state index contributed by atoms with van der Waals surface area (Å²) in [6, 6.07) is 16.2. The molecule has 1 aliphatic carbocycles. The van der Waals surface area contributed by atoms with Crippen LogP contribution in [0.5, 0.6) is 5.75 Å². The Morgan fingerprint density at radius 3 is 2.83 bits per heavy atom. The number of imidazole rings is 1. The number of aryl methyl sites for hydroxylation is 1. The van der Waals surface area contributed by atoms with Gasteiger partial charge in [0.1, 0.15) is 11.6 Å². The normalized spacial score (nSPS) is 13.4. The molecule has 29 heavy (non-hydrogen) atoms. The van der Waals surface area contributed by atoms with E-state index in [9.17, 15) is 4.79 Å². The molecule has 2 aromatic carbocycles. The van der Waals surface area contributed by atoms with Crippen LogP contribution in [-0.4, -0.2) is 22.1 Å². The molecular formula is C24H27N3O2. The van der Waals surface area contributed by atoms with Gasteiger partial charge >= 0.3 is 0 Å². The summed E-state index contributed by atoms with van der Waals surface area (Å²) in [4.78, 5) is 16.8. The summed E-state index contributed by atoms with van der Waals surface area (Å²) >= 11 is 0. The van der Waals surface area contributed by atoms with Crippen molar-refractivity contribution in [1.82, 2.24) is 14.9 Å². The SMILES string of the molecule is C=CCc1ccccc1OCCCn1c(CNC(=O)C2CC2)nc2ccccc21. The van der Waals surface area contributed by atoms with Crippen LogP contribution in [0.25, 0.3) is 11.0 Å². The van der Waals surface area contributed by atoms with Crippen LogP contribution in [0, 0.1) is 5.92 Å². The van der Waals surface area contributed by atoms with Gasteiger partial charge in [-0.1, -0.05) is 36.4 Å². The minimum Gasteiger partial charge on any atom is -0.493 e. The maximum Gasteiger partial charge on any atom is 0.223 e. The molecule has 0 saturated heterocycles. The van der Waals surface area contributed by atoms with Gasteiger partial charge in [0.05, 0.1) is 24.2 Å². The standard InChI is InChI=1S/C24H27N3O2/c1-2-8-18-9-3-6-12-22(18)29-16-7-15-27-21-11-5-4-10-20(21)26-23(27)17-25-24(28)19-13-14-19/h2-6,9-12,19H,1,7-8,13-17H2,(H,25,28). The van der Waals surface area contributed by atoms with Gasteiger partial charge in [0.2, 0.25) is 5.91 Å². The van der Waals surface area contributed by atoms with Gasteiger partial charge in [0, 0.05) is 12.5 Å². The Balaban J connectivity index is 1.41. The topological polar surface area (TPSA) is 56.1 Å². The Kier molecular flexibility index (Phi) is 5.94. The lowest BCUT2D eigenvalue weighted by molar-refractivity contribution is -0.122. The monoisotopic (exact) mass is 389 g/mol. The average molecular weight is 389 g/mol. The summed E-state index contributed by atoms with van der Waals surface area (Å²) in [5.74, 6) is 2.16. The molecule has 1 aliphatic rings. The minimum absolute atomic E-state index is 0.144. The lowest BCUT2D eigenvalue weighted by atomic mass is 10.1. The van der Waals surface area contributed by atoms with Gasteiger partial charge in [-0.3, -0.25) is 4.79 Å². The van der Waals surface area contributed by atoms with Crippen LogP contribution in [0.2, 0.25) is 0 Å². The maximum absolute atomic E-state index is 12.0. The van der Waals surface area contributed by atoms with Crippen molar-refractivity contribution in [3.8, 4) is 5.75 Å². The highest BCUT2D eigenvalue weighted by Crippen LogP contribution is 2.29. The van der Waals surface area contributed by atoms with E-state index in [0.717, 1.165) is 60.4 Å². The summed E-state index contributed by atoms with van der Waals surface area (Å²) in [6.45, 7) is 5.69. The number of ether oxygens (including phenoxy) is 1. The van der Waals surface area contributed by atoms with Crippen molar-refractivity contribution < 1.29 is 9.53 Å². The number of allylic oxidation sites excluding steroid dienone is 1. The molecule has 150 valence electrons. The minimum atomic E-state index is 0.144. The van der Waals surface area contributed by atoms with Crippen molar-refractivity contribution in [3.63, 3.8) is 0 Å². The molecule has 3 aromatic rings. The summed E-state index contributed by atoms with van der Waals surface area (Å²) < 4.78 is 8.22. The van der Waals surface area contributed by atoms with Crippen molar-refractivity contribution in [1.29, 1.82) is 0 Å². The predicted molar refractivity (Wildman–Crippen MR) is 115 cm³/mol. The number of fused-ring (bicyclic) bond motifs is 1. The molecule has 5 nitrogen and oxygen atoms in total. The summed E-state index contributed by atoms with van der Waals surface area (Å²) in [5, 5.41) is 3.04. The van der Waals surface area contributed by atoms with E-state index in [2.05, 4.69) is 28.6 Å². The van der Waals surface area contributed by atoms with Gasteiger partial charge in [0.25, 0.3) is 0 Å². The Morgan fingerprint density at radius 1 is 1.21 bits per heavy atom. The zero-order valence-electron chi connectivity index (χ0n) is 16.6. The molecule has 1 amide bonds. The van der Waals surface area contributed by atoms with Crippen LogP contribution in [0.1, 0.15) is 30.7 Å². The number of nitrogens with one attached hydrogen (secondary N) is 1. The zero-order chi connectivity index (χ0) is 20.1. The highest BCUT2D eigenvalue weighted by molar-refractivity contribution is 5.81. The van der Waals surface area contributed by atoms with Crippen LogP contribution in [0.3, 0.4) is 0 Å². The highest BCUT2D eigenvalue weighted by Gasteiger charge is 2.29. The maximum atomic E-state index is 12.0. The van der Waals surface area contributed by atoms with Crippen LogP contribution in [-0.2, 0) is 24.3 Å². The van der Waals surface area contributed by atoms with Gasteiger partial charge in [-0.25, -0.2) is 4.98 Å². The third-order valence-corrected chi connectivity index (χ3v) is 5.22. The molecule has 4 rings (SSSR count). The van der Waals surface area contributed by atoms with Gasteiger partial charge in [-0.05, 0) is 49.4 Å². The number of hydrogen-bond donors (Lipinski definition) is 1. The Bertz CT molecular complexity index is 1000. The van der Waals surface area contributed by atoms with Gasteiger partial charge in [0.15, 0.2) is 0 Å². The van der Waals surface area contributed by atoms with E-state index < -0.39 is 0 Å². The lowest BCUT2D eigenvalue weighted by Crippen LogP contribution is -2.26. The first-order valence-electron chi connectivity index (χ1n) is 10.3. The number of amides is 1. The third kappa shape index (κ3) is 4.67. The van der Waals surface area contributed by atoms with E-state index in [0.29, 0.717) is 13.2 Å². The number of carbonyl (C=O) groups is 1. The zero-order valence-corrected chi connectivity index (χ0v) is 16.6. The van der Waals surface area contributed by atoms with E-state index in [1.165, 1.54) is 0 Å². The number of hydrogen-bond acceptors (Lipinski definition) is 3. The Hall–Kier alpha value is -3.08. The fourth-order valence-electron chi connectivity index (χ4n) is 3.54. The van der Waals surface area contributed by atoms with Crippen LogP contribution in [0.15, 0.2) is 61.2 Å². The fourth-order valence-corrected chi connectivity index (χ4v) is 3.54. The first kappa shape index (κ1) is 19.2. The molecule has 0 spiro atoms. The van der Waals surface area contributed by atoms with E-state index in [1.54, 1.807) is 0 Å². The summed E-state index contributed by atoms with van der Waals surface area (Å²) in [7, 11) is 0. The molecule has 1 aromatic heterocycles. The highest BCUT2D eigenvalue weighted by atomic mass is 16.5. The van der Waals surface area contributed by atoms with Gasteiger partial charge in [-0.15, -0.1) is 6.58 Å². The number of rotatable bonds is 10. The number of carbonyl (C=O) groups excluding carboxylic acids is 1. The summed E-state index contributed by atoms with van der Waals surface area (Å²) in [5.41, 5.74) is 3.20. The predicted octanol–water partition coefficient (Wildman–Crippen LogP) is 4.26. The van der Waals surface area contributed by atoms with Gasteiger partial charge < -0.3 is 14.6 Å². The molecule has 0 radical (unpaired) electrons. The Morgan fingerprint density at radius 2 is 2.00 bits per heavy atom. The molecule has 0 aliphatic heterocycles. The van der Waals surface area contributed by atoms with Crippen molar-refractivity contribution in [2.24, 2.45) is 5.92 Å². The number of aromatic nitrogens is 2. The second-order valence-corrected chi connectivity index (χ2v) is 7.46. The van der Waals surface area contributed by atoms with Crippen molar-refractivity contribution >= 4 is 16.9 Å². The van der Waals surface area contributed by atoms with E-state index >= 15 is 0 Å².